The Morgan fingerprint density at radius 3 is 2.76 bits per heavy atom. The molecule has 1 atom stereocenters. The standard InChI is InChI=1S/C17H20N4O2S2/c1-21(2)12(13-5-3-9-24-13)11-18-15(22)7-8-16-19-17(20-23-16)14-6-4-10-25-14/h3-6,9-10,12H,7-8,11H2,1-2H3,(H,18,22)/t12-/m1/s1. The zero-order valence-electron chi connectivity index (χ0n) is 14.1. The number of rotatable bonds is 8. The maximum absolute atomic E-state index is 12.1. The van der Waals surface area contributed by atoms with Gasteiger partial charge in [0, 0.05) is 24.3 Å². The fraction of sp³-hybridized carbons (Fsp3) is 0.353. The number of aromatic nitrogens is 2. The van der Waals surface area contributed by atoms with Crippen LogP contribution in [0.5, 0.6) is 0 Å². The van der Waals surface area contributed by atoms with E-state index in [1.54, 1.807) is 22.7 Å². The normalized spacial score (nSPS) is 12.4. The summed E-state index contributed by atoms with van der Waals surface area (Å²) in [6.45, 7) is 0.580. The van der Waals surface area contributed by atoms with Crippen LogP contribution in [0.1, 0.15) is 23.2 Å². The van der Waals surface area contributed by atoms with E-state index in [2.05, 4.69) is 31.8 Å². The molecule has 6 nitrogen and oxygen atoms in total. The van der Waals surface area contributed by atoms with Gasteiger partial charge in [-0.3, -0.25) is 4.79 Å². The van der Waals surface area contributed by atoms with Gasteiger partial charge in [-0.05, 0) is 37.0 Å². The number of hydrogen-bond acceptors (Lipinski definition) is 7. The molecular formula is C17H20N4O2S2. The van der Waals surface area contributed by atoms with Gasteiger partial charge in [0.1, 0.15) is 0 Å². The van der Waals surface area contributed by atoms with Gasteiger partial charge in [-0.25, -0.2) is 0 Å². The Balaban J connectivity index is 1.48. The Morgan fingerprint density at radius 2 is 2.08 bits per heavy atom. The topological polar surface area (TPSA) is 71.3 Å². The van der Waals surface area contributed by atoms with Crippen molar-refractivity contribution >= 4 is 28.6 Å². The van der Waals surface area contributed by atoms with Gasteiger partial charge in [-0.1, -0.05) is 17.3 Å². The van der Waals surface area contributed by atoms with Crippen molar-refractivity contribution in [1.29, 1.82) is 0 Å². The molecule has 3 heterocycles. The smallest absolute Gasteiger partial charge is 0.227 e. The summed E-state index contributed by atoms with van der Waals surface area (Å²) in [5.41, 5.74) is 0. The van der Waals surface area contributed by atoms with E-state index in [9.17, 15) is 4.79 Å². The molecule has 0 aliphatic heterocycles. The Bertz CT molecular complexity index is 782. The van der Waals surface area contributed by atoms with Crippen molar-refractivity contribution in [1.82, 2.24) is 20.4 Å². The molecule has 3 aromatic rings. The quantitative estimate of drug-likeness (QED) is 0.654. The average molecular weight is 377 g/mol. The van der Waals surface area contributed by atoms with E-state index in [4.69, 9.17) is 4.52 Å². The summed E-state index contributed by atoms with van der Waals surface area (Å²) in [5.74, 6) is 1.05. The lowest BCUT2D eigenvalue weighted by atomic mass is 10.2. The van der Waals surface area contributed by atoms with E-state index >= 15 is 0 Å². The Kier molecular flexibility index (Phi) is 5.95. The number of carbonyl (C=O) groups excluding carboxylic acids is 1. The first-order valence-corrected chi connectivity index (χ1v) is 9.72. The summed E-state index contributed by atoms with van der Waals surface area (Å²) in [6, 6.07) is 8.18. The highest BCUT2D eigenvalue weighted by Gasteiger charge is 2.17. The van der Waals surface area contributed by atoms with Gasteiger partial charge in [0.15, 0.2) is 0 Å². The van der Waals surface area contributed by atoms with Gasteiger partial charge >= 0.3 is 0 Å². The van der Waals surface area contributed by atoms with Crippen LogP contribution in [0.25, 0.3) is 10.7 Å². The van der Waals surface area contributed by atoms with Gasteiger partial charge in [0.2, 0.25) is 17.6 Å². The lowest BCUT2D eigenvalue weighted by Crippen LogP contribution is -2.34. The lowest BCUT2D eigenvalue weighted by Gasteiger charge is -2.23. The van der Waals surface area contributed by atoms with Crippen LogP contribution in [-0.4, -0.2) is 41.6 Å². The molecule has 1 amide bonds. The number of carbonyl (C=O) groups is 1. The van der Waals surface area contributed by atoms with Crippen LogP contribution in [0, 0.1) is 0 Å². The number of amides is 1. The number of nitrogens with zero attached hydrogens (tertiary/aromatic N) is 3. The first-order chi connectivity index (χ1) is 12.1. The third-order valence-electron chi connectivity index (χ3n) is 3.76. The minimum Gasteiger partial charge on any atom is -0.354 e. The van der Waals surface area contributed by atoms with Crippen LogP contribution < -0.4 is 5.32 Å². The molecule has 0 radical (unpaired) electrons. The van der Waals surface area contributed by atoms with Crippen molar-refractivity contribution in [3.05, 3.63) is 45.8 Å². The van der Waals surface area contributed by atoms with E-state index < -0.39 is 0 Å². The van der Waals surface area contributed by atoms with Crippen molar-refractivity contribution < 1.29 is 9.32 Å². The minimum atomic E-state index is -0.0146. The van der Waals surface area contributed by atoms with Gasteiger partial charge in [0.25, 0.3) is 0 Å². The monoisotopic (exact) mass is 376 g/mol. The van der Waals surface area contributed by atoms with Gasteiger partial charge < -0.3 is 14.7 Å². The zero-order valence-corrected chi connectivity index (χ0v) is 15.8. The molecule has 0 spiro atoms. The molecule has 25 heavy (non-hydrogen) atoms. The molecule has 3 aromatic heterocycles. The minimum absolute atomic E-state index is 0.0146. The molecule has 1 N–H and O–H groups in total. The van der Waals surface area contributed by atoms with Crippen LogP contribution in [0.3, 0.4) is 0 Å². The molecule has 0 aliphatic carbocycles. The maximum Gasteiger partial charge on any atom is 0.227 e. The third-order valence-corrected chi connectivity index (χ3v) is 5.60. The van der Waals surface area contributed by atoms with Crippen LogP contribution in [-0.2, 0) is 11.2 Å². The molecule has 0 saturated heterocycles. The first-order valence-electron chi connectivity index (χ1n) is 7.96. The molecule has 8 heteroatoms. The van der Waals surface area contributed by atoms with Crippen LogP contribution in [0.15, 0.2) is 39.5 Å². The second-order valence-corrected chi connectivity index (χ2v) is 7.71. The lowest BCUT2D eigenvalue weighted by molar-refractivity contribution is -0.121. The van der Waals surface area contributed by atoms with E-state index in [-0.39, 0.29) is 11.9 Å². The fourth-order valence-corrected chi connectivity index (χ4v) is 3.97. The second-order valence-electron chi connectivity index (χ2n) is 5.79. The highest BCUT2D eigenvalue weighted by Crippen LogP contribution is 2.23. The largest absolute Gasteiger partial charge is 0.354 e. The fourth-order valence-electron chi connectivity index (χ4n) is 2.40. The predicted molar refractivity (Wildman–Crippen MR) is 99.7 cm³/mol. The van der Waals surface area contributed by atoms with Gasteiger partial charge in [-0.15, -0.1) is 22.7 Å². The van der Waals surface area contributed by atoms with Crippen molar-refractivity contribution in [3.8, 4) is 10.7 Å². The predicted octanol–water partition coefficient (Wildman–Crippen LogP) is 3.21. The number of aryl methyl sites for hydroxylation is 1. The Hall–Kier alpha value is -2.03. The van der Waals surface area contributed by atoms with Gasteiger partial charge in [0.05, 0.1) is 10.9 Å². The molecule has 0 aliphatic rings. The Labute approximate surface area is 154 Å². The maximum atomic E-state index is 12.1. The molecular weight excluding hydrogens is 356 g/mol. The second kappa shape index (κ2) is 8.37. The number of nitrogens with one attached hydrogen (secondary N) is 1. The van der Waals surface area contributed by atoms with Crippen molar-refractivity contribution in [2.24, 2.45) is 0 Å². The average Bonchev–Trinajstić information content (AvgIpc) is 3.33. The van der Waals surface area contributed by atoms with E-state index in [0.29, 0.717) is 31.1 Å². The molecule has 0 fully saturated rings. The first kappa shape index (κ1) is 17.8. The molecule has 0 saturated carbocycles. The van der Waals surface area contributed by atoms with E-state index in [0.717, 1.165) is 4.88 Å². The molecule has 0 bridgehead atoms. The summed E-state index contributed by atoms with van der Waals surface area (Å²) in [6.07, 6.45) is 0.770. The molecule has 0 unspecified atom stereocenters. The number of thiophene rings is 2. The summed E-state index contributed by atoms with van der Waals surface area (Å²) >= 11 is 3.26. The summed E-state index contributed by atoms with van der Waals surface area (Å²) in [7, 11) is 4.03. The summed E-state index contributed by atoms with van der Waals surface area (Å²) < 4.78 is 5.22. The molecule has 0 aromatic carbocycles. The number of hydrogen-bond donors (Lipinski definition) is 1. The summed E-state index contributed by atoms with van der Waals surface area (Å²) in [4.78, 5) is 20.8. The van der Waals surface area contributed by atoms with E-state index in [1.807, 2.05) is 37.7 Å². The molecule has 132 valence electrons. The van der Waals surface area contributed by atoms with Crippen LogP contribution in [0.2, 0.25) is 0 Å². The zero-order chi connectivity index (χ0) is 17.6. The summed E-state index contributed by atoms with van der Waals surface area (Å²) in [5, 5.41) is 11.0. The SMILES string of the molecule is CN(C)[C@H](CNC(=O)CCc1nc(-c2cccs2)no1)c1cccs1. The van der Waals surface area contributed by atoms with Crippen molar-refractivity contribution in [3.63, 3.8) is 0 Å². The molecule has 3 rings (SSSR count). The Morgan fingerprint density at radius 1 is 1.28 bits per heavy atom. The number of likely N-dealkylation sites (N-methyl/N-ethyl adjacent to an activating group) is 1. The van der Waals surface area contributed by atoms with E-state index in [1.165, 1.54) is 4.88 Å². The van der Waals surface area contributed by atoms with Crippen LogP contribution >= 0.6 is 22.7 Å². The van der Waals surface area contributed by atoms with Crippen molar-refractivity contribution in [2.45, 2.75) is 18.9 Å². The van der Waals surface area contributed by atoms with Gasteiger partial charge in [-0.2, -0.15) is 4.98 Å². The van der Waals surface area contributed by atoms with Crippen LogP contribution in [0.4, 0.5) is 0 Å². The third kappa shape index (κ3) is 4.75. The highest BCUT2D eigenvalue weighted by molar-refractivity contribution is 7.13. The van der Waals surface area contributed by atoms with Crippen molar-refractivity contribution in [2.75, 3.05) is 20.6 Å². The highest BCUT2D eigenvalue weighted by atomic mass is 32.1.